The van der Waals surface area contributed by atoms with Gasteiger partial charge in [0, 0.05) is 17.6 Å². The van der Waals surface area contributed by atoms with E-state index >= 15 is 0 Å². The monoisotopic (exact) mass is 356 g/mol. The number of nitrogens with zero attached hydrogens (tertiary/aromatic N) is 1. The van der Waals surface area contributed by atoms with E-state index in [9.17, 15) is 9.59 Å². The normalized spacial score (nSPS) is 14.6. The number of benzene rings is 1. The van der Waals surface area contributed by atoms with E-state index in [-0.39, 0.29) is 24.8 Å². The Morgan fingerprint density at radius 1 is 1.33 bits per heavy atom. The summed E-state index contributed by atoms with van der Waals surface area (Å²) in [5.41, 5.74) is 0.795. The minimum Gasteiger partial charge on any atom is -0.493 e. The topological polar surface area (TPSA) is 67.9 Å². The third-order valence-corrected chi connectivity index (χ3v) is 4.02. The fourth-order valence-electron chi connectivity index (χ4n) is 2.16. The van der Waals surface area contributed by atoms with Crippen LogP contribution < -0.4 is 14.8 Å². The molecule has 0 spiro atoms. The molecule has 1 heterocycles. The molecule has 0 saturated carbocycles. The maximum Gasteiger partial charge on any atom is 0.239 e. The van der Waals surface area contributed by atoms with Gasteiger partial charge in [-0.15, -0.1) is 0 Å². The van der Waals surface area contributed by atoms with Crippen molar-refractivity contribution in [3.8, 4) is 11.5 Å². The average Bonchev–Trinajstić information content (AvgIpc) is 2.48. The summed E-state index contributed by atoms with van der Waals surface area (Å²) in [7, 11) is 3.10. The predicted molar refractivity (Wildman–Crippen MR) is 80.5 cm³/mol. The van der Waals surface area contributed by atoms with Gasteiger partial charge in [-0.1, -0.05) is 15.9 Å². The first-order valence-corrected chi connectivity index (χ1v) is 7.29. The number of rotatable bonds is 4. The molecule has 21 heavy (non-hydrogen) atoms. The molecule has 0 radical (unpaired) electrons. The fourth-order valence-corrected chi connectivity index (χ4v) is 2.62. The molecule has 6 nitrogen and oxygen atoms in total. The zero-order valence-electron chi connectivity index (χ0n) is 11.9. The highest BCUT2D eigenvalue weighted by atomic mass is 79.9. The van der Waals surface area contributed by atoms with Gasteiger partial charge < -0.3 is 19.7 Å². The van der Waals surface area contributed by atoms with Crippen molar-refractivity contribution < 1.29 is 19.1 Å². The molecule has 7 heteroatoms. The molecule has 0 atom stereocenters. The lowest BCUT2D eigenvalue weighted by Crippen LogP contribution is -2.50. The maximum atomic E-state index is 12.3. The summed E-state index contributed by atoms with van der Waals surface area (Å²) < 4.78 is 11.2. The quantitative estimate of drug-likeness (QED) is 0.872. The van der Waals surface area contributed by atoms with Crippen molar-refractivity contribution in [3.05, 3.63) is 22.2 Å². The molecule has 1 aromatic rings. The summed E-state index contributed by atoms with van der Waals surface area (Å²) in [5, 5.41) is 2.70. The smallest absolute Gasteiger partial charge is 0.239 e. The Labute approximate surface area is 131 Å². The van der Waals surface area contributed by atoms with E-state index in [1.807, 2.05) is 0 Å². The lowest BCUT2D eigenvalue weighted by Gasteiger charge is -2.27. The number of hydrogen-bond acceptors (Lipinski definition) is 4. The van der Waals surface area contributed by atoms with Crippen molar-refractivity contribution in [2.24, 2.45) is 0 Å². The molecular formula is C14H17BrN2O4. The molecule has 0 aliphatic carbocycles. The third-order valence-electron chi connectivity index (χ3n) is 3.29. The molecule has 1 saturated heterocycles. The van der Waals surface area contributed by atoms with Gasteiger partial charge in [-0.05, 0) is 17.7 Å². The first-order chi connectivity index (χ1) is 10.0. The number of amides is 2. The molecule has 0 aromatic heterocycles. The van der Waals surface area contributed by atoms with Crippen molar-refractivity contribution >= 4 is 27.7 Å². The first-order valence-electron chi connectivity index (χ1n) is 6.50. The summed E-state index contributed by atoms with van der Waals surface area (Å²) in [5.74, 6) is 0.955. The zero-order valence-corrected chi connectivity index (χ0v) is 13.5. The van der Waals surface area contributed by atoms with Gasteiger partial charge in [0.1, 0.15) is 0 Å². The van der Waals surface area contributed by atoms with Crippen LogP contribution in [-0.2, 0) is 16.0 Å². The van der Waals surface area contributed by atoms with Gasteiger partial charge >= 0.3 is 0 Å². The molecule has 1 aliphatic heterocycles. The van der Waals surface area contributed by atoms with Crippen LogP contribution >= 0.6 is 15.9 Å². The molecule has 2 amide bonds. The van der Waals surface area contributed by atoms with Crippen LogP contribution in [0, 0.1) is 0 Å². The second-order valence-electron chi connectivity index (χ2n) is 4.64. The zero-order chi connectivity index (χ0) is 15.4. The van der Waals surface area contributed by atoms with E-state index in [4.69, 9.17) is 9.47 Å². The van der Waals surface area contributed by atoms with Crippen LogP contribution in [0.3, 0.4) is 0 Å². The van der Waals surface area contributed by atoms with Gasteiger partial charge in [0.25, 0.3) is 0 Å². The highest BCUT2D eigenvalue weighted by Crippen LogP contribution is 2.33. The molecule has 0 bridgehead atoms. The van der Waals surface area contributed by atoms with Gasteiger partial charge in [0.2, 0.25) is 11.8 Å². The Hall–Kier alpha value is -1.76. The number of carbonyl (C=O) groups excluding carboxylic acids is 2. The largest absolute Gasteiger partial charge is 0.493 e. The van der Waals surface area contributed by atoms with Crippen molar-refractivity contribution in [1.29, 1.82) is 0 Å². The summed E-state index contributed by atoms with van der Waals surface area (Å²) in [6.07, 6.45) is 0.203. The Bertz CT molecular complexity index is 562. The van der Waals surface area contributed by atoms with Crippen molar-refractivity contribution in [2.45, 2.75) is 6.42 Å². The van der Waals surface area contributed by atoms with Gasteiger partial charge in [-0.2, -0.15) is 0 Å². The molecule has 2 rings (SSSR count). The average molecular weight is 357 g/mol. The minimum atomic E-state index is -0.124. The predicted octanol–water partition coefficient (Wildman–Crippen LogP) is 0.967. The van der Waals surface area contributed by atoms with Crippen LogP contribution in [0.2, 0.25) is 0 Å². The molecule has 1 aromatic carbocycles. The van der Waals surface area contributed by atoms with Crippen LogP contribution in [0.4, 0.5) is 0 Å². The lowest BCUT2D eigenvalue weighted by molar-refractivity contribution is -0.137. The van der Waals surface area contributed by atoms with Crippen molar-refractivity contribution in [3.63, 3.8) is 0 Å². The number of piperazine rings is 1. The van der Waals surface area contributed by atoms with E-state index in [1.165, 1.54) is 0 Å². The van der Waals surface area contributed by atoms with Crippen LogP contribution in [0.15, 0.2) is 16.6 Å². The SMILES string of the molecule is COc1cc(Br)c(CC(=O)N2CCNC(=O)C2)cc1OC. The summed E-state index contributed by atoms with van der Waals surface area (Å²) in [6.45, 7) is 1.15. The molecular weight excluding hydrogens is 340 g/mol. The van der Waals surface area contributed by atoms with Crippen molar-refractivity contribution in [2.75, 3.05) is 33.9 Å². The van der Waals surface area contributed by atoms with E-state index in [2.05, 4.69) is 21.2 Å². The summed E-state index contributed by atoms with van der Waals surface area (Å²) >= 11 is 3.43. The number of halogens is 1. The summed E-state index contributed by atoms with van der Waals surface area (Å²) in [6, 6.07) is 3.54. The second kappa shape index (κ2) is 6.80. The highest BCUT2D eigenvalue weighted by molar-refractivity contribution is 9.10. The van der Waals surface area contributed by atoms with Crippen LogP contribution in [0.1, 0.15) is 5.56 Å². The number of methoxy groups -OCH3 is 2. The lowest BCUT2D eigenvalue weighted by atomic mass is 10.1. The van der Waals surface area contributed by atoms with E-state index in [1.54, 1.807) is 31.3 Å². The van der Waals surface area contributed by atoms with Crippen LogP contribution in [0.5, 0.6) is 11.5 Å². The number of hydrogen-bond donors (Lipinski definition) is 1. The standard InChI is InChI=1S/C14H17BrN2O4/c1-20-11-5-9(10(15)7-12(11)21-2)6-14(19)17-4-3-16-13(18)8-17/h5,7H,3-4,6,8H2,1-2H3,(H,16,18). The van der Waals surface area contributed by atoms with Crippen LogP contribution in [-0.4, -0.2) is 50.6 Å². The third kappa shape index (κ3) is 3.66. The second-order valence-corrected chi connectivity index (χ2v) is 5.49. The van der Waals surface area contributed by atoms with Gasteiger partial charge in [0.15, 0.2) is 11.5 Å². The molecule has 1 N–H and O–H groups in total. The van der Waals surface area contributed by atoms with Gasteiger partial charge in [-0.3, -0.25) is 9.59 Å². The van der Waals surface area contributed by atoms with E-state index in [0.29, 0.717) is 24.6 Å². The molecule has 114 valence electrons. The number of carbonyl (C=O) groups is 2. The van der Waals surface area contributed by atoms with Crippen LogP contribution in [0.25, 0.3) is 0 Å². The van der Waals surface area contributed by atoms with Gasteiger partial charge in [-0.25, -0.2) is 0 Å². The van der Waals surface area contributed by atoms with Crippen molar-refractivity contribution in [1.82, 2.24) is 10.2 Å². The minimum absolute atomic E-state index is 0.0854. The number of ether oxygens (including phenoxy) is 2. The first kappa shape index (κ1) is 15.6. The molecule has 1 fully saturated rings. The van der Waals surface area contributed by atoms with E-state index < -0.39 is 0 Å². The Morgan fingerprint density at radius 3 is 2.62 bits per heavy atom. The van der Waals surface area contributed by atoms with E-state index in [0.717, 1.165) is 10.0 Å². The highest BCUT2D eigenvalue weighted by Gasteiger charge is 2.22. The maximum absolute atomic E-state index is 12.3. The Balaban J connectivity index is 2.15. The molecule has 1 aliphatic rings. The fraction of sp³-hybridized carbons (Fsp3) is 0.429. The summed E-state index contributed by atoms with van der Waals surface area (Å²) in [4.78, 5) is 25.2. The Morgan fingerprint density at radius 2 is 2.00 bits per heavy atom. The number of nitrogens with one attached hydrogen (secondary N) is 1. The van der Waals surface area contributed by atoms with Gasteiger partial charge in [0.05, 0.1) is 27.2 Å². The molecule has 0 unspecified atom stereocenters. The Kier molecular flexibility index (Phi) is 5.06.